The number of rotatable bonds is 5. The van der Waals surface area contributed by atoms with Gasteiger partial charge in [0, 0.05) is 43.5 Å². The van der Waals surface area contributed by atoms with Gasteiger partial charge < -0.3 is 20.1 Å². The molecule has 1 aromatic heterocycles. The van der Waals surface area contributed by atoms with E-state index in [4.69, 9.17) is 9.47 Å². The lowest BCUT2D eigenvalue weighted by Gasteiger charge is -2.57. The predicted molar refractivity (Wildman–Crippen MR) is 119 cm³/mol. The molecule has 3 aliphatic rings. The summed E-state index contributed by atoms with van der Waals surface area (Å²) in [6.45, 7) is 3.62. The van der Waals surface area contributed by atoms with E-state index in [1.165, 1.54) is 32.1 Å². The van der Waals surface area contributed by atoms with Gasteiger partial charge in [-0.2, -0.15) is 0 Å². The summed E-state index contributed by atoms with van der Waals surface area (Å²) in [5.41, 5.74) is 1.36. The Morgan fingerprint density at radius 1 is 1.48 bits per heavy atom. The molecule has 1 saturated heterocycles. The topological polar surface area (TPSA) is 67.8 Å². The van der Waals surface area contributed by atoms with Crippen molar-refractivity contribution >= 4 is 41.3 Å². The van der Waals surface area contributed by atoms with Crippen LogP contribution in [0.1, 0.15) is 55.8 Å². The zero-order chi connectivity index (χ0) is 18.1. The second-order valence-electron chi connectivity index (χ2n) is 7.79. The van der Waals surface area contributed by atoms with Gasteiger partial charge >= 0.3 is 0 Å². The zero-order valence-corrected chi connectivity index (χ0v) is 19.5. The Bertz CT molecular complexity index is 662. The molecule has 3 fully saturated rings. The third-order valence-corrected chi connectivity index (χ3v) is 7.56. The number of thiazole rings is 1. The second-order valence-corrected chi connectivity index (χ2v) is 8.68. The number of aromatic nitrogens is 1. The van der Waals surface area contributed by atoms with E-state index in [1.54, 1.807) is 18.4 Å². The summed E-state index contributed by atoms with van der Waals surface area (Å²) < 4.78 is 11.4. The number of aliphatic imine (C=N–C) groups is 1. The average molecular weight is 506 g/mol. The number of ether oxygens (including phenoxy) is 2. The maximum atomic E-state index is 6.08. The van der Waals surface area contributed by atoms with Crippen LogP contribution < -0.4 is 10.6 Å². The molecule has 8 heteroatoms. The van der Waals surface area contributed by atoms with Crippen molar-refractivity contribution in [2.75, 3.05) is 20.8 Å². The molecule has 0 aromatic carbocycles. The summed E-state index contributed by atoms with van der Waals surface area (Å²) >= 11 is 1.65. The van der Waals surface area contributed by atoms with Crippen LogP contribution in [0.25, 0.3) is 0 Å². The van der Waals surface area contributed by atoms with E-state index in [9.17, 15) is 0 Å². The van der Waals surface area contributed by atoms with E-state index < -0.39 is 0 Å². The van der Waals surface area contributed by atoms with Crippen molar-refractivity contribution in [2.45, 2.75) is 63.8 Å². The van der Waals surface area contributed by atoms with Gasteiger partial charge in [0.1, 0.15) is 11.1 Å². The van der Waals surface area contributed by atoms with Gasteiger partial charge in [-0.25, -0.2) is 4.98 Å². The van der Waals surface area contributed by atoms with Crippen molar-refractivity contribution in [3.63, 3.8) is 0 Å². The Kier molecular flexibility index (Phi) is 7.02. The van der Waals surface area contributed by atoms with Gasteiger partial charge in [-0.15, -0.1) is 35.3 Å². The highest BCUT2D eigenvalue weighted by molar-refractivity contribution is 14.0. The lowest BCUT2D eigenvalue weighted by Crippen LogP contribution is -2.69. The van der Waals surface area contributed by atoms with Crippen LogP contribution in [-0.4, -0.2) is 43.9 Å². The fourth-order valence-corrected chi connectivity index (χ4v) is 5.96. The first-order valence-corrected chi connectivity index (χ1v) is 10.6. The molecule has 1 spiro atoms. The molecular formula is C19H31IN4O2S. The van der Waals surface area contributed by atoms with Crippen molar-refractivity contribution in [1.82, 2.24) is 15.6 Å². The normalized spacial score (nSPS) is 29.7. The molecular weight excluding hydrogens is 475 g/mol. The smallest absolute Gasteiger partial charge is 0.191 e. The minimum Gasteiger partial charge on any atom is -0.377 e. The molecule has 0 radical (unpaired) electrons. The molecule has 6 nitrogen and oxygen atoms in total. The average Bonchev–Trinajstić information content (AvgIpc) is 3.40. The predicted octanol–water partition coefficient (Wildman–Crippen LogP) is 3.48. The SMILES string of the molecule is CN=C(NCc1csc(C(C)OC)n1)NC1C2CCOC2C12CCCC2.I. The summed E-state index contributed by atoms with van der Waals surface area (Å²) in [5, 5.41) is 10.3. The van der Waals surface area contributed by atoms with Gasteiger partial charge in [0.15, 0.2) is 5.96 Å². The van der Waals surface area contributed by atoms with Crippen molar-refractivity contribution in [1.29, 1.82) is 0 Å². The number of halogens is 1. The van der Waals surface area contributed by atoms with Crippen LogP contribution in [0.3, 0.4) is 0 Å². The highest BCUT2D eigenvalue weighted by Crippen LogP contribution is 2.60. The Morgan fingerprint density at radius 2 is 2.26 bits per heavy atom. The molecule has 4 unspecified atom stereocenters. The summed E-state index contributed by atoms with van der Waals surface area (Å²) in [6.07, 6.45) is 6.91. The molecule has 1 aromatic rings. The third kappa shape index (κ3) is 3.86. The van der Waals surface area contributed by atoms with Gasteiger partial charge in [0.2, 0.25) is 0 Å². The fraction of sp³-hybridized carbons (Fsp3) is 0.789. The minimum atomic E-state index is 0. The van der Waals surface area contributed by atoms with Crippen molar-refractivity contribution in [3.8, 4) is 0 Å². The molecule has 152 valence electrons. The van der Waals surface area contributed by atoms with Crippen LogP contribution in [-0.2, 0) is 16.0 Å². The Hall–Kier alpha value is -0.450. The molecule has 4 atom stereocenters. The maximum absolute atomic E-state index is 6.08. The van der Waals surface area contributed by atoms with Crippen LogP contribution in [0.2, 0.25) is 0 Å². The summed E-state index contributed by atoms with van der Waals surface area (Å²) in [7, 11) is 3.56. The number of hydrogen-bond acceptors (Lipinski definition) is 5. The van der Waals surface area contributed by atoms with E-state index in [0.29, 0.717) is 30.0 Å². The van der Waals surface area contributed by atoms with Crippen LogP contribution >= 0.6 is 35.3 Å². The molecule has 2 heterocycles. The van der Waals surface area contributed by atoms with E-state index in [0.717, 1.165) is 23.3 Å². The fourth-order valence-electron chi connectivity index (χ4n) is 5.11. The van der Waals surface area contributed by atoms with E-state index in [-0.39, 0.29) is 30.1 Å². The maximum Gasteiger partial charge on any atom is 0.191 e. The zero-order valence-electron chi connectivity index (χ0n) is 16.4. The molecule has 1 aliphatic heterocycles. The van der Waals surface area contributed by atoms with Crippen LogP contribution in [0.5, 0.6) is 0 Å². The van der Waals surface area contributed by atoms with E-state index in [1.807, 2.05) is 14.0 Å². The van der Waals surface area contributed by atoms with Crippen LogP contribution in [0.15, 0.2) is 10.4 Å². The number of guanidine groups is 1. The first-order valence-electron chi connectivity index (χ1n) is 9.74. The second kappa shape index (κ2) is 8.92. The number of nitrogens with one attached hydrogen (secondary N) is 2. The van der Waals surface area contributed by atoms with Gasteiger partial charge in [0.05, 0.1) is 18.3 Å². The number of nitrogens with zero attached hydrogens (tertiary/aromatic N) is 2. The van der Waals surface area contributed by atoms with Crippen molar-refractivity contribution in [3.05, 3.63) is 16.1 Å². The molecule has 4 rings (SSSR count). The number of fused-ring (bicyclic) bond motifs is 2. The third-order valence-electron chi connectivity index (χ3n) is 6.51. The quantitative estimate of drug-likeness (QED) is 0.364. The Labute approximate surface area is 182 Å². The van der Waals surface area contributed by atoms with Crippen LogP contribution in [0, 0.1) is 11.3 Å². The van der Waals surface area contributed by atoms with Crippen molar-refractivity contribution < 1.29 is 9.47 Å². The van der Waals surface area contributed by atoms with Gasteiger partial charge in [-0.3, -0.25) is 4.99 Å². The van der Waals surface area contributed by atoms with Gasteiger partial charge in [-0.05, 0) is 26.2 Å². The first kappa shape index (κ1) is 21.3. The van der Waals surface area contributed by atoms with E-state index >= 15 is 0 Å². The molecule has 0 amide bonds. The highest BCUT2D eigenvalue weighted by Gasteiger charge is 2.65. The molecule has 0 bridgehead atoms. The molecule has 2 saturated carbocycles. The number of hydrogen-bond donors (Lipinski definition) is 2. The van der Waals surface area contributed by atoms with E-state index in [2.05, 4.69) is 26.0 Å². The lowest BCUT2D eigenvalue weighted by atomic mass is 9.54. The molecule has 2 N–H and O–H groups in total. The van der Waals surface area contributed by atoms with Gasteiger partial charge in [-0.1, -0.05) is 12.8 Å². The summed E-state index contributed by atoms with van der Waals surface area (Å²) in [5.74, 6) is 1.51. The highest BCUT2D eigenvalue weighted by atomic mass is 127. The number of methoxy groups -OCH3 is 1. The molecule has 27 heavy (non-hydrogen) atoms. The lowest BCUT2D eigenvalue weighted by molar-refractivity contribution is -0.125. The van der Waals surface area contributed by atoms with Crippen molar-refractivity contribution in [2.24, 2.45) is 16.3 Å². The monoisotopic (exact) mass is 506 g/mol. The van der Waals surface area contributed by atoms with Gasteiger partial charge in [0.25, 0.3) is 0 Å². The standard InChI is InChI=1S/C19H30N4O2S.HI/c1-12(24-3)17-22-13(11-26-17)10-21-18(20-2)23-15-14-6-9-25-16(14)19(15)7-4-5-8-19;/h11-12,14-16H,4-10H2,1-3H3,(H2,20,21,23);1H. The summed E-state index contributed by atoms with van der Waals surface area (Å²) in [6, 6.07) is 0.489. The summed E-state index contributed by atoms with van der Waals surface area (Å²) in [4.78, 5) is 9.11. The van der Waals surface area contributed by atoms with Crippen LogP contribution in [0.4, 0.5) is 0 Å². The Balaban J connectivity index is 0.00000210. The largest absolute Gasteiger partial charge is 0.377 e. The molecule has 2 aliphatic carbocycles. The minimum absolute atomic E-state index is 0. The Morgan fingerprint density at radius 3 is 2.96 bits per heavy atom. The first-order chi connectivity index (χ1) is 12.7.